The summed E-state index contributed by atoms with van der Waals surface area (Å²) in [6.07, 6.45) is -0.175. The molecule has 0 N–H and O–H groups in total. The van der Waals surface area contributed by atoms with Crippen LogP contribution in [0.5, 0.6) is 0 Å². The molecule has 2 aromatic carbocycles. The summed E-state index contributed by atoms with van der Waals surface area (Å²) in [5, 5.41) is 0. The third-order valence-electron chi connectivity index (χ3n) is 6.69. The zero-order valence-corrected chi connectivity index (χ0v) is 18.1. The van der Waals surface area contributed by atoms with Crippen LogP contribution >= 0.6 is 0 Å². The molecular weight excluding hydrogens is 401 g/mol. The third kappa shape index (κ3) is 5.24. The maximum Gasteiger partial charge on any atom is 0.418 e. The van der Waals surface area contributed by atoms with Crippen molar-refractivity contribution in [2.24, 2.45) is 5.92 Å². The third-order valence-corrected chi connectivity index (χ3v) is 6.69. The van der Waals surface area contributed by atoms with Crippen LogP contribution in [0.15, 0.2) is 54.6 Å². The first-order chi connectivity index (χ1) is 14.9. The molecule has 2 aromatic rings. The molecule has 31 heavy (non-hydrogen) atoms. The lowest BCUT2D eigenvalue weighted by Crippen LogP contribution is -2.53. The largest absolute Gasteiger partial charge is 0.418 e. The number of benzene rings is 2. The van der Waals surface area contributed by atoms with Crippen LogP contribution in [0.3, 0.4) is 0 Å². The molecule has 2 atom stereocenters. The predicted molar refractivity (Wildman–Crippen MR) is 117 cm³/mol. The average molecular weight is 433 g/mol. The van der Waals surface area contributed by atoms with Crippen LogP contribution in [0.25, 0.3) is 0 Å². The lowest BCUT2D eigenvalue weighted by Gasteiger charge is -2.45. The van der Waals surface area contributed by atoms with Gasteiger partial charge < -0.3 is 9.64 Å². The topological polar surface area (TPSA) is 15.7 Å². The second kappa shape index (κ2) is 9.21. The van der Waals surface area contributed by atoms with Crippen LogP contribution in [0, 0.1) is 5.92 Å². The number of alkyl halides is 3. The highest BCUT2D eigenvalue weighted by Crippen LogP contribution is 2.39. The molecule has 0 bridgehead atoms. The summed E-state index contributed by atoms with van der Waals surface area (Å²) in [4.78, 5) is 4.32. The van der Waals surface area contributed by atoms with E-state index in [9.17, 15) is 13.2 Å². The summed E-state index contributed by atoms with van der Waals surface area (Å²) >= 11 is 0. The molecule has 0 aliphatic carbocycles. The Morgan fingerprint density at radius 3 is 2.52 bits per heavy atom. The highest BCUT2D eigenvalue weighted by molar-refractivity contribution is 5.55. The van der Waals surface area contributed by atoms with E-state index >= 15 is 0 Å². The van der Waals surface area contributed by atoms with E-state index in [0.29, 0.717) is 31.3 Å². The van der Waals surface area contributed by atoms with Gasteiger partial charge in [-0.05, 0) is 56.2 Å². The molecule has 2 aliphatic rings. The van der Waals surface area contributed by atoms with Crippen LogP contribution in [-0.2, 0) is 17.5 Å². The molecule has 168 valence electrons. The van der Waals surface area contributed by atoms with E-state index < -0.39 is 11.7 Å². The standard InChI is InChI=1S/C25H31F3N2O/c1-24(31-19-20-9-3-2-4-10-20)14-7-8-15-30(24)18-21-13-16-29(17-21)23-12-6-5-11-22(23)25(26,27)28/h2-6,9-12,21H,7-8,13-19H2,1H3. The van der Waals surface area contributed by atoms with Crippen molar-refractivity contribution >= 4 is 5.69 Å². The van der Waals surface area contributed by atoms with Gasteiger partial charge >= 0.3 is 6.18 Å². The molecule has 2 fully saturated rings. The number of nitrogens with zero attached hydrogens (tertiary/aromatic N) is 2. The van der Waals surface area contributed by atoms with Crippen molar-refractivity contribution in [3.05, 3.63) is 65.7 Å². The van der Waals surface area contributed by atoms with Crippen molar-refractivity contribution in [1.82, 2.24) is 4.90 Å². The number of piperidine rings is 1. The Morgan fingerprint density at radius 1 is 1.00 bits per heavy atom. The van der Waals surface area contributed by atoms with Gasteiger partial charge in [-0.25, -0.2) is 0 Å². The maximum atomic E-state index is 13.4. The quantitative estimate of drug-likeness (QED) is 0.561. The Labute approximate surface area is 182 Å². The van der Waals surface area contributed by atoms with Crippen LogP contribution in [0.4, 0.5) is 18.9 Å². The zero-order valence-electron chi connectivity index (χ0n) is 18.1. The lowest BCUT2D eigenvalue weighted by atomic mass is 9.97. The minimum atomic E-state index is -4.33. The number of ether oxygens (including phenoxy) is 1. The molecular formula is C25H31F3N2O. The number of likely N-dealkylation sites (tertiary alicyclic amines) is 1. The second-order valence-electron chi connectivity index (χ2n) is 8.97. The summed E-state index contributed by atoms with van der Waals surface area (Å²) in [5.74, 6) is 0.332. The molecule has 0 saturated carbocycles. The Bertz CT molecular complexity index is 857. The van der Waals surface area contributed by atoms with Crippen LogP contribution < -0.4 is 4.90 Å². The number of halogens is 3. The van der Waals surface area contributed by atoms with Crippen molar-refractivity contribution in [2.75, 3.05) is 31.1 Å². The average Bonchev–Trinajstić information content (AvgIpc) is 3.23. The second-order valence-corrected chi connectivity index (χ2v) is 8.97. The summed E-state index contributed by atoms with van der Waals surface area (Å²) in [7, 11) is 0. The van der Waals surface area contributed by atoms with Gasteiger partial charge in [0.05, 0.1) is 12.2 Å². The van der Waals surface area contributed by atoms with Crippen LogP contribution in [0.1, 0.15) is 43.7 Å². The smallest absolute Gasteiger partial charge is 0.371 e. The van der Waals surface area contributed by atoms with E-state index in [2.05, 4.69) is 24.0 Å². The summed E-state index contributed by atoms with van der Waals surface area (Å²) in [5.41, 5.74) is 0.597. The molecule has 6 heteroatoms. The number of hydrogen-bond acceptors (Lipinski definition) is 3. The minimum Gasteiger partial charge on any atom is -0.371 e. The Morgan fingerprint density at radius 2 is 1.74 bits per heavy atom. The van der Waals surface area contributed by atoms with Gasteiger partial charge in [-0.15, -0.1) is 0 Å². The first-order valence-corrected chi connectivity index (χ1v) is 11.2. The minimum absolute atomic E-state index is 0.305. The molecule has 0 amide bonds. The Balaban J connectivity index is 1.40. The fourth-order valence-corrected chi connectivity index (χ4v) is 4.91. The molecule has 2 heterocycles. The first kappa shape index (κ1) is 22.2. The summed E-state index contributed by atoms with van der Waals surface area (Å²) < 4.78 is 46.8. The number of anilines is 1. The van der Waals surface area contributed by atoms with E-state index in [-0.39, 0.29) is 5.72 Å². The van der Waals surface area contributed by atoms with Gasteiger partial charge in [-0.3, -0.25) is 4.90 Å². The van der Waals surface area contributed by atoms with E-state index in [1.807, 2.05) is 23.1 Å². The van der Waals surface area contributed by atoms with Crippen molar-refractivity contribution in [3.63, 3.8) is 0 Å². The SMILES string of the molecule is CC1(OCc2ccccc2)CCCCN1CC1CCN(c2ccccc2C(F)(F)F)C1. The first-order valence-electron chi connectivity index (χ1n) is 11.2. The molecule has 4 rings (SSSR count). The zero-order chi connectivity index (χ0) is 21.9. The van der Waals surface area contributed by atoms with Gasteiger partial charge in [0, 0.05) is 31.9 Å². The van der Waals surface area contributed by atoms with Crippen LogP contribution in [0.2, 0.25) is 0 Å². The van der Waals surface area contributed by atoms with Gasteiger partial charge in [-0.2, -0.15) is 13.2 Å². The number of para-hydroxylation sites is 1. The number of rotatable bonds is 6. The number of hydrogen-bond donors (Lipinski definition) is 0. The lowest BCUT2D eigenvalue weighted by molar-refractivity contribution is -0.174. The highest BCUT2D eigenvalue weighted by Gasteiger charge is 2.39. The predicted octanol–water partition coefficient (Wildman–Crippen LogP) is 5.95. The monoisotopic (exact) mass is 432 g/mol. The van der Waals surface area contributed by atoms with Gasteiger partial charge in [-0.1, -0.05) is 42.5 Å². The van der Waals surface area contributed by atoms with E-state index in [1.54, 1.807) is 12.1 Å². The van der Waals surface area contributed by atoms with Gasteiger partial charge in [0.25, 0.3) is 0 Å². The Kier molecular flexibility index (Phi) is 6.58. The van der Waals surface area contributed by atoms with E-state index in [0.717, 1.165) is 44.3 Å². The van der Waals surface area contributed by atoms with E-state index in [4.69, 9.17) is 4.74 Å². The van der Waals surface area contributed by atoms with Crippen LogP contribution in [-0.4, -0.2) is 36.8 Å². The molecule has 2 aliphatic heterocycles. The van der Waals surface area contributed by atoms with Crippen molar-refractivity contribution in [1.29, 1.82) is 0 Å². The molecule has 0 radical (unpaired) electrons. The maximum absolute atomic E-state index is 13.4. The van der Waals surface area contributed by atoms with Gasteiger partial charge in [0.2, 0.25) is 0 Å². The van der Waals surface area contributed by atoms with Crippen molar-refractivity contribution < 1.29 is 17.9 Å². The van der Waals surface area contributed by atoms with Crippen molar-refractivity contribution in [2.45, 2.75) is 51.1 Å². The molecule has 2 saturated heterocycles. The summed E-state index contributed by atoms with van der Waals surface area (Å²) in [6.45, 7) is 5.88. The fraction of sp³-hybridized carbons (Fsp3) is 0.520. The molecule has 0 spiro atoms. The molecule has 2 unspecified atom stereocenters. The van der Waals surface area contributed by atoms with Gasteiger partial charge in [0.1, 0.15) is 5.72 Å². The Hall–Kier alpha value is -2.05. The summed E-state index contributed by atoms with van der Waals surface area (Å²) in [6, 6.07) is 16.1. The van der Waals surface area contributed by atoms with E-state index in [1.165, 1.54) is 12.1 Å². The molecule has 0 aromatic heterocycles. The fourth-order valence-electron chi connectivity index (χ4n) is 4.91. The normalized spacial score (nSPS) is 25.2. The van der Waals surface area contributed by atoms with Crippen molar-refractivity contribution in [3.8, 4) is 0 Å². The molecule has 3 nitrogen and oxygen atoms in total. The van der Waals surface area contributed by atoms with Gasteiger partial charge in [0.15, 0.2) is 0 Å². The highest BCUT2D eigenvalue weighted by atomic mass is 19.4.